The molecule has 0 saturated carbocycles. The fourth-order valence-electron chi connectivity index (χ4n) is 1.21. The predicted octanol–water partition coefficient (Wildman–Crippen LogP) is 1.98. The Morgan fingerprint density at radius 1 is 1.57 bits per heavy atom. The van der Waals surface area contributed by atoms with E-state index in [1.807, 2.05) is 13.0 Å². The second kappa shape index (κ2) is 4.73. The Hall–Kier alpha value is -1.40. The SMILES string of the molecule is C[C@@H](N)CCc1ccc(F)c(C#N)c1. The van der Waals surface area contributed by atoms with Crippen LogP contribution in [0, 0.1) is 17.1 Å². The van der Waals surface area contributed by atoms with E-state index in [-0.39, 0.29) is 11.6 Å². The van der Waals surface area contributed by atoms with Gasteiger partial charge in [-0.2, -0.15) is 5.26 Å². The summed E-state index contributed by atoms with van der Waals surface area (Å²) in [6.45, 7) is 1.93. The monoisotopic (exact) mass is 192 g/mol. The standard InChI is InChI=1S/C11H13FN2/c1-8(14)2-3-9-4-5-11(12)10(6-9)7-13/h4-6,8H,2-3,14H2,1H3/t8-/m1/s1. The van der Waals surface area contributed by atoms with Gasteiger partial charge in [-0.3, -0.25) is 0 Å². The van der Waals surface area contributed by atoms with Crippen molar-refractivity contribution in [3.05, 3.63) is 35.1 Å². The quantitative estimate of drug-likeness (QED) is 0.796. The summed E-state index contributed by atoms with van der Waals surface area (Å²) in [4.78, 5) is 0. The lowest BCUT2D eigenvalue weighted by molar-refractivity contribution is 0.621. The van der Waals surface area contributed by atoms with E-state index < -0.39 is 5.82 Å². The Morgan fingerprint density at radius 3 is 2.86 bits per heavy atom. The molecular formula is C11H13FN2. The number of rotatable bonds is 3. The molecule has 0 aliphatic carbocycles. The van der Waals surface area contributed by atoms with Gasteiger partial charge in [0.15, 0.2) is 0 Å². The highest BCUT2D eigenvalue weighted by Gasteiger charge is 2.03. The number of halogens is 1. The fourth-order valence-corrected chi connectivity index (χ4v) is 1.21. The van der Waals surface area contributed by atoms with Gasteiger partial charge in [-0.05, 0) is 37.5 Å². The lowest BCUT2D eigenvalue weighted by Gasteiger charge is -2.05. The minimum Gasteiger partial charge on any atom is -0.328 e. The van der Waals surface area contributed by atoms with Crippen LogP contribution in [0.15, 0.2) is 18.2 Å². The van der Waals surface area contributed by atoms with Crippen LogP contribution in [0.1, 0.15) is 24.5 Å². The van der Waals surface area contributed by atoms with E-state index in [0.29, 0.717) is 0 Å². The molecule has 0 spiro atoms. The second-order valence-corrected chi connectivity index (χ2v) is 3.44. The molecular weight excluding hydrogens is 179 g/mol. The molecule has 0 radical (unpaired) electrons. The third-order valence-electron chi connectivity index (χ3n) is 2.04. The molecule has 0 unspecified atom stereocenters. The minimum atomic E-state index is -0.461. The molecule has 0 aliphatic heterocycles. The van der Waals surface area contributed by atoms with Gasteiger partial charge in [-0.1, -0.05) is 6.07 Å². The summed E-state index contributed by atoms with van der Waals surface area (Å²) in [5.74, 6) is -0.461. The fraction of sp³-hybridized carbons (Fsp3) is 0.364. The summed E-state index contributed by atoms with van der Waals surface area (Å²) in [6.07, 6.45) is 1.63. The van der Waals surface area contributed by atoms with Gasteiger partial charge < -0.3 is 5.73 Å². The summed E-state index contributed by atoms with van der Waals surface area (Å²) >= 11 is 0. The molecule has 1 aromatic rings. The van der Waals surface area contributed by atoms with E-state index in [0.717, 1.165) is 18.4 Å². The normalized spacial score (nSPS) is 12.1. The number of nitrogens with two attached hydrogens (primary N) is 1. The van der Waals surface area contributed by atoms with Crippen molar-refractivity contribution >= 4 is 0 Å². The molecule has 0 fully saturated rings. The molecule has 14 heavy (non-hydrogen) atoms. The molecule has 1 aromatic carbocycles. The molecule has 0 amide bonds. The first kappa shape index (κ1) is 10.7. The first-order valence-corrected chi connectivity index (χ1v) is 4.57. The van der Waals surface area contributed by atoms with Crippen molar-refractivity contribution < 1.29 is 4.39 Å². The van der Waals surface area contributed by atoms with Crippen LogP contribution in [0.3, 0.4) is 0 Å². The largest absolute Gasteiger partial charge is 0.328 e. The van der Waals surface area contributed by atoms with Crippen LogP contribution in [-0.2, 0) is 6.42 Å². The van der Waals surface area contributed by atoms with Crippen LogP contribution in [0.5, 0.6) is 0 Å². The van der Waals surface area contributed by atoms with Gasteiger partial charge in [0.1, 0.15) is 11.9 Å². The molecule has 0 aliphatic rings. The van der Waals surface area contributed by atoms with Crippen molar-refractivity contribution in [3.8, 4) is 6.07 Å². The third-order valence-corrected chi connectivity index (χ3v) is 2.04. The maximum absolute atomic E-state index is 12.9. The number of nitriles is 1. The zero-order valence-corrected chi connectivity index (χ0v) is 8.13. The number of hydrogen-bond acceptors (Lipinski definition) is 2. The van der Waals surface area contributed by atoms with Crippen LogP contribution in [0.2, 0.25) is 0 Å². The van der Waals surface area contributed by atoms with E-state index in [1.165, 1.54) is 6.07 Å². The third kappa shape index (κ3) is 2.82. The maximum Gasteiger partial charge on any atom is 0.140 e. The number of hydrogen-bond donors (Lipinski definition) is 1. The molecule has 2 N–H and O–H groups in total. The maximum atomic E-state index is 12.9. The van der Waals surface area contributed by atoms with Gasteiger partial charge in [0.25, 0.3) is 0 Å². The lowest BCUT2D eigenvalue weighted by Crippen LogP contribution is -2.15. The number of nitrogens with zero attached hydrogens (tertiary/aromatic N) is 1. The summed E-state index contributed by atoms with van der Waals surface area (Å²) in [5.41, 5.74) is 6.66. The highest BCUT2D eigenvalue weighted by Crippen LogP contribution is 2.11. The molecule has 1 rings (SSSR count). The average molecular weight is 192 g/mol. The van der Waals surface area contributed by atoms with Crippen molar-refractivity contribution in [2.24, 2.45) is 5.73 Å². The van der Waals surface area contributed by atoms with Crippen LogP contribution in [0.4, 0.5) is 4.39 Å². The van der Waals surface area contributed by atoms with Crippen molar-refractivity contribution in [2.75, 3.05) is 0 Å². The summed E-state index contributed by atoms with van der Waals surface area (Å²) < 4.78 is 12.9. The first-order valence-electron chi connectivity index (χ1n) is 4.57. The Balaban J connectivity index is 2.76. The predicted molar refractivity (Wildman–Crippen MR) is 53.1 cm³/mol. The zero-order valence-electron chi connectivity index (χ0n) is 8.13. The Labute approximate surface area is 83.2 Å². The van der Waals surface area contributed by atoms with Crippen molar-refractivity contribution in [1.29, 1.82) is 5.26 Å². The summed E-state index contributed by atoms with van der Waals surface area (Å²) in [5, 5.41) is 8.61. The highest BCUT2D eigenvalue weighted by atomic mass is 19.1. The van der Waals surface area contributed by atoms with Gasteiger partial charge in [-0.15, -0.1) is 0 Å². The van der Waals surface area contributed by atoms with Crippen molar-refractivity contribution in [2.45, 2.75) is 25.8 Å². The average Bonchev–Trinajstić information content (AvgIpc) is 2.16. The molecule has 0 saturated heterocycles. The van der Waals surface area contributed by atoms with Crippen LogP contribution >= 0.6 is 0 Å². The van der Waals surface area contributed by atoms with Crippen LogP contribution < -0.4 is 5.73 Å². The number of benzene rings is 1. The van der Waals surface area contributed by atoms with Gasteiger partial charge in [-0.25, -0.2) is 4.39 Å². The van der Waals surface area contributed by atoms with E-state index in [9.17, 15) is 4.39 Å². The highest BCUT2D eigenvalue weighted by molar-refractivity contribution is 5.34. The molecule has 0 aromatic heterocycles. The minimum absolute atomic E-state index is 0.104. The van der Waals surface area contributed by atoms with Gasteiger partial charge >= 0.3 is 0 Å². The molecule has 0 bridgehead atoms. The van der Waals surface area contributed by atoms with Crippen molar-refractivity contribution in [1.82, 2.24) is 0 Å². The van der Waals surface area contributed by atoms with Crippen LogP contribution in [-0.4, -0.2) is 6.04 Å². The molecule has 0 heterocycles. The lowest BCUT2D eigenvalue weighted by atomic mass is 10.0. The smallest absolute Gasteiger partial charge is 0.140 e. The molecule has 1 atom stereocenters. The molecule has 3 heteroatoms. The van der Waals surface area contributed by atoms with E-state index in [4.69, 9.17) is 11.0 Å². The zero-order chi connectivity index (χ0) is 10.6. The Kier molecular flexibility index (Phi) is 3.61. The van der Waals surface area contributed by atoms with Gasteiger partial charge in [0.2, 0.25) is 0 Å². The van der Waals surface area contributed by atoms with E-state index in [2.05, 4.69) is 0 Å². The Bertz CT molecular complexity index is 353. The Morgan fingerprint density at radius 2 is 2.29 bits per heavy atom. The van der Waals surface area contributed by atoms with E-state index in [1.54, 1.807) is 12.1 Å². The number of aryl methyl sites for hydroxylation is 1. The summed E-state index contributed by atoms with van der Waals surface area (Å²) in [6, 6.07) is 6.55. The van der Waals surface area contributed by atoms with Gasteiger partial charge in [0.05, 0.1) is 5.56 Å². The molecule has 2 nitrogen and oxygen atoms in total. The van der Waals surface area contributed by atoms with Crippen molar-refractivity contribution in [3.63, 3.8) is 0 Å². The molecule has 74 valence electrons. The summed E-state index contributed by atoms with van der Waals surface area (Å²) in [7, 11) is 0. The van der Waals surface area contributed by atoms with E-state index >= 15 is 0 Å². The van der Waals surface area contributed by atoms with Gasteiger partial charge in [0, 0.05) is 6.04 Å². The van der Waals surface area contributed by atoms with Crippen LogP contribution in [0.25, 0.3) is 0 Å². The first-order chi connectivity index (χ1) is 6.63. The topological polar surface area (TPSA) is 49.8 Å². The second-order valence-electron chi connectivity index (χ2n) is 3.44.